The van der Waals surface area contributed by atoms with E-state index in [1.165, 1.54) is 43.5 Å². The van der Waals surface area contributed by atoms with Gasteiger partial charge in [-0.15, -0.1) is 0 Å². The largest absolute Gasteiger partial charge is 0.303 e. The van der Waals surface area contributed by atoms with Gasteiger partial charge in [-0.2, -0.15) is 11.8 Å². The molecule has 1 saturated carbocycles. The van der Waals surface area contributed by atoms with Gasteiger partial charge in [-0.25, -0.2) is 0 Å². The van der Waals surface area contributed by atoms with Crippen LogP contribution in [0.1, 0.15) is 38.5 Å². The third-order valence-electron chi connectivity index (χ3n) is 4.19. The van der Waals surface area contributed by atoms with Crippen molar-refractivity contribution in [1.29, 1.82) is 0 Å². The Bertz CT molecular complexity index is 232. The zero-order chi connectivity index (χ0) is 11.4. The third kappa shape index (κ3) is 2.80. The molecule has 0 radical (unpaired) electrons. The summed E-state index contributed by atoms with van der Waals surface area (Å²) in [6.45, 7) is 0.988. The molecule has 1 saturated heterocycles. The van der Waals surface area contributed by atoms with E-state index in [1.54, 1.807) is 0 Å². The second kappa shape index (κ2) is 5.54. The lowest BCUT2D eigenvalue weighted by molar-refractivity contribution is -0.119. The normalized spacial score (nSPS) is 29.5. The maximum atomic E-state index is 11.4. The van der Waals surface area contributed by atoms with Crippen LogP contribution < -0.4 is 0 Å². The number of aldehydes is 1. The maximum absolute atomic E-state index is 11.4. The Morgan fingerprint density at radius 1 is 1.38 bits per heavy atom. The summed E-state index contributed by atoms with van der Waals surface area (Å²) in [5.41, 5.74) is -0.0136. The summed E-state index contributed by atoms with van der Waals surface area (Å²) in [6.07, 6.45) is 8.58. The summed E-state index contributed by atoms with van der Waals surface area (Å²) in [4.78, 5) is 13.8. The average molecular weight is 241 g/mol. The van der Waals surface area contributed by atoms with Crippen LogP contribution in [-0.2, 0) is 4.79 Å². The molecule has 0 aromatic heterocycles. The lowest BCUT2D eigenvalue weighted by Gasteiger charge is -2.37. The van der Waals surface area contributed by atoms with Gasteiger partial charge in [0, 0.05) is 23.8 Å². The van der Waals surface area contributed by atoms with E-state index in [4.69, 9.17) is 0 Å². The molecule has 0 spiro atoms. The van der Waals surface area contributed by atoms with Crippen molar-refractivity contribution >= 4 is 18.0 Å². The summed E-state index contributed by atoms with van der Waals surface area (Å²) in [7, 11) is 2.20. The standard InChI is InChI=1S/C13H23NOS/c1-14(12-5-8-16-9-12)10-13(11-15)6-3-2-4-7-13/h11-12H,2-10H2,1H3. The molecule has 2 aliphatic rings. The Morgan fingerprint density at radius 3 is 2.69 bits per heavy atom. The monoisotopic (exact) mass is 241 g/mol. The van der Waals surface area contributed by atoms with E-state index in [-0.39, 0.29) is 5.41 Å². The summed E-state index contributed by atoms with van der Waals surface area (Å²) in [6, 6.07) is 0.712. The highest BCUT2D eigenvalue weighted by Gasteiger charge is 2.34. The van der Waals surface area contributed by atoms with E-state index in [1.807, 2.05) is 11.8 Å². The van der Waals surface area contributed by atoms with E-state index in [2.05, 4.69) is 11.9 Å². The van der Waals surface area contributed by atoms with Crippen molar-refractivity contribution in [3.63, 3.8) is 0 Å². The lowest BCUT2D eigenvalue weighted by Crippen LogP contribution is -2.43. The topological polar surface area (TPSA) is 20.3 Å². The van der Waals surface area contributed by atoms with E-state index in [9.17, 15) is 4.79 Å². The minimum absolute atomic E-state index is 0.0136. The predicted octanol–water partition coefficient (Wildman–Crippen LogP) is 2.57. The fraction of sp³-hybridized carbons (Fsp3) is 0.923. The van der Waals surface area contributed by atoms with Gasteiger partial charge in [-0.3, -0.25) is 0 Å². The average Bonchev–Trinajstić information content (AvgIpc) is 2.84. The molecule has 16 heavy (non-hydrogen) atoms. The van der Waals surface area contributed by atoms with Crippen molar-refractivity contribution in [1.82, 2.24) is 4.90 Å². The van der Waals surface area contributed by atoms with Gasteiger partial charge in [-0.1, -0.05) is 19.3 Å². The molecule has 2 fully saturated rings. The molecule has 2 nitrogen and oxygen atoms in total. The third-order valence-corrected chi connectivity index (χ3v) is 5.34. The lowest BCUT2D eigenvalue weighted by atomic mass is 9.75. The van der Waals surface area contributed by atoms with Crippen molar-refractivity contribution in [2.45, 2.75) is 44.6 Å². The van der Waals surface area contributed by atoms with Crippen molar-refractivity contribution in [3.8, 4) is 0 Å². The predicted molar refractivity (Wildman–Crippen MR) is 69.9 cm³/mol. The molecule has 0 aromatic carbocycles. The number of thioether (sulfide) groups is 1. The highest BCUT2D eigenvalue weighted by molar-refractivity contribution is 7.99. The number of hydrogen-bond donors (Lipinski definition) is 0. The molecule has 0 aromatic rings. The van der Waals surface area contributed by atoms with Crippen LogP contribution in [0, 0.1) is 5.41 Å². The fourth-order valence-electron chi connectivity index (χ4n) is 3.06. The van der Waals surface area contributed by atoms with Crippen LogP contribution in [0.2, 0.25) is 0 Å². The van der Waals surface area contributed by atoms with E-state index in [0.29, 0.717) is 6.04 Å². The highest BCUT2D eigenvalue weighted by atomic mass is 32.2. The van der Waals surface area contributed by atoms with E-state index >= 15 is 0 Å². The van der Waals surface area contributed by atoms with Crippen LogP contribution in [0.4, 0.5) is 0 Å². The number of carbonyl (C=O) groups is 1. The smallest absolute Gasteiger partial charge is 0.127 e. The van der Waals surface area contributed by atoms with Gasteiger partial charge in [0.1, 0.15) is 6.29 Å². The van der Waals surface area contributed by atoms with Crippen molar-refractivity contribution in [3.05, 3.63) is 0 Å². The Kier molecular flexibility index (Phi) is 4.31. The summed E-state index contributed by atoms with van der Waals surface area (Å²) < 4.78 is 0. The van der Waals surface area contributed by atoms with Crippen LogP contribution >= 0.6 is 11.8 Å². The number of nitrogens with zero attached hydrogens (tertiary/aromatic N) is 1. The molecule has 0 N–H and O–H groups in total. The Balaban J connectivity index is 1.91. The first-order valence-corrected chi connectivity index (χ1v) is 7.66. The summed E-state index contributed by atoms with van der Waals surface area (Å²) >= 11 is 2.05. The van der Waals surface area contributed by atoms with Crippen LogP contribution in [0.25, 0.3) is 0 Å². The van der Waals surface area contributed by atoms with Gasteiger partial charge >= 0.3 is 0 Å². The first-order chi connectivity index (χ1) is 7.76. The molecule has 1 heterocycles. The van der Waals surface area contributed by atoms with E-state index < -0.39 is 0 Å². The Morgan fingerprint density at radius 2 is 2.12 bits per heavy atom. The quantitative estimate of drug-likeness (QED) is 0.706. The fourth-order valence-corrected chi connectivity index (χ4v) is 4.36. The van der Waals surface area contributed by atoms with Crippen molar-refractivity contribution < 1.29 is 4.79 Å². The molecule has 1 unspecified atom stereocenters. The first kappa shape index (κ1) is 12.4. The van der Waals surface area contributed by atoms with Gasteiger partial charge < -0.3 is 9.69 Å². The zero-order valence-corrected chi connectivity index (χ0v) is 11.1. The molecule has 0 amide bonds. The Labute approximate surface area is 103 Å². The van der Waals surface area contributed by atoms with Gasteiger partial charge in [0.25, 0.3) is 0 Å². The molecule has 3 heteroatoms. The summed E-state index contributed by atoms with van der Waals surface area (Å²) in [5.74, 6) is 2.55. The van der Waals surface area contributed by atoms with Gasteiger partial charge in [0.15, 0.2) is 0 Å². The molecule has 1 atom stereocenters. The summed E-state index contributed by atoms with van der Waals surface area (Å²) in [5, 5.41) is 0. The maximum Gasteiger partial charge on any atom is 0.127 e. The van der Waals surface area contributed by atoms with Crippen molar-refractivity contribution in [2.75, 3.05) is 25.1 Å². The van der Waals surface area contributed by atoms with Gasteiger partial charge in [-0.05, 0) is 32.1 Å². The number of hydrogen-bond acceptors (Lipinski definition) is 3. The second-order valence-electron chi connectivity index (χ2n) is 5.47. The van der Waals surface area contributed by atoms with E-state index in [0.717, 1.165) is 19.4 Å². The van der Waals surface area contributed by atoms with Crippen LogP contribution in [0.5, 0.6) is 0 Å². The molecular weight excluding hydrogens is 218 g/mol. The minimum Gasteiger partial charge on any atom is -0.303 e. The van der Waals surface area contributed by atoms with Crippen LogP contribution in [0.3, 0.4) is 0 Å². The molecule has 1 aliphatic carbocycles. The zero-order valence-electron chi connectivity index (χ0n) is 10.3. The van der Waals surface area contributed by atoms with Crippen LogP contribution in [0.15, 0.2) is 0 Å². The van der Waals surface area contributed by atoms with Crippen molar-refractivity contribution in [2.24, 2.45) is 5.41 Å². The molecular formula is C13H23NOS. The van der Waals surface area contributed by atoms with Crippen LogP contribution in [-0.4, -0.2) is 42.3 Å². The molecule has 2 rings (SSSR count). The first-order valence-electron chi connectivity index (χ1n) is 6.50. The Hall–Kier alpha value is -0.0200. The molecule has 92 valence electrons. The molecule has 1 aliphatic heterocycles. The molecule has 0 bridgehead atoms. The van der Waals surface area contributed by atoms with Gasteiger partial charge in [0.2, 0.25) is 0 Å². The second-order valence-corrected chi connectivity index (χ2v) is 6.62. The number of carbonyl (C=O) groups excluding carboxylic acids is 1. The minimum atomic E-state index is -0.0136. The number of rotatable bonds is 4. The highest BCUT2D eigenvalue weighted by Crippen LogP contribution is 2.36. The SMILES string of the molecule is CN(CC1(C=O)CCCCC1)C1CCSC1. The van der Waals surface area contributed by atoms with Gasteiger partial charge in [0.05, 0.1) is 0 Å².